The monoisotopic (exact) mass is 341 g/mol. The van der Waals surface area contributed by atoms with Crippen LogP contribution in [0, 0.1) is 5.92 Å². The molecule has 0 radical (unpaired) electrons. The van der Waals surface area contributed by atoms with Gasteiger partial charge in [0.05, 0.1) is 6.21 Å². The summed E-state index contributed by atoms with van der Waals surface area (Å²) in [4.78, 5) is 24.4. The van der Waals surface area contributed by atoms with E-state index in [0.717, 1.165) is 5.56 Å². The van der Waals surface area contributed by atoms with E-state index < -0.39 is 11.8 Å². The maximum Gasteiger partial charge on any atom is 0.253 e. The number of carbonyl (C=O) groups is 2. The van der Waals surface area contributed by atoms with Crippen LogP contribution in [0.4, 0.5) is 0 Å². The zero-order valence-corrected chi connectivity index (χ0v) is 13.5. The van der Waals surface area contributed by atoms with Crippen LogP contribution in [0.2, 0.25) is 5.02 Å². The molecule has 1 saturated heterocycles. The van der Waals surface area contributed by atoms with Crippen molar-refractivity contribution in [2.45, 2.75) is 5.92 Å². The first-order chi connectivity index (χ1) is 11.7. The lowest BCUT2D eigenvalue weighted by Gasteiger charge is -2.15. The van der Waals surface area contributed by atoms with Gasteiger partial charge in [-0.15, -0.1) is 0 Å². The Balaban J connectivity index is 1.71. The van der Waals surface area contributed by atoms with Crippen LogP contribution in [0.15, 0.2) is 59.7 Å². The minimum absolute atomic E-state index is 0.200. The van der Waals surface area contributed by atoms with E-state index in [1.54, 1.807) is 12.1 Å². The Labute approximate surface area is 144 Å². The first-order valence-electron chi connectivity index (χ1n) is 7.57. The van der Waals surface area contributed by atoms with Crippen molar-refractivity contribution < 1.29 is 9.59 Å². The average Bonchev–Trinajstić information content (AvgIpc) is 2.99. The largest absolute Gasteiger partial charge is 0.355 e. The number of benzene rings is 2. The van der Waals surface area contributed by atoms with Gasteiger partial charge >= 0.3 is 0 Å². The maximum atomic E-state index is 12.4. The van der Waals surface area contributed by atoms with Gasteiger partial charge in [0.2, 0.25) is 5.91 Å². The van der Waals surface area contributed by atoms with Gasteiger partial charge in [0.1, 0.15) is 5.92 Å². The molecule has 0 aromatic heterocycles. The van der Waals surface area contributed by atoms with Gasteiger partial charge in [-0.3, -0.25) is 9.59 Å². The number of hydrogen-bond donors (Lipinski definition) is 2. The van der Waals surface area contributed by atoms with E-state index in [-0.39, 0.29) is 11.8 Å². The van der Waals surface area contributed by atoms with E-state index in [4.69, 9.17) is 11.6 Å². The lowest BCUT2D eigenvalue weighted by Crippen LogP contribution is -2.34. The lowest BCUT2D eigenvalue weighted by molar-refractivity contribution is -0.133. The molecular formula is C18H16ClN3O2. The summed E-state index contributed by atoms with van der Waals surface area (Å²) in [6.07, 6.45) is 1.46. The van der Waals surface area contributed by atoms with Gasteiger partial charge in [0, 0.05) is 23.0 Å². The molecule has 0 unspecified atom stereocenters. The van der Waals surface area contributed by atoms with E-state index in [2.05, 4.69) is 15.8 Å². The molecule has 2 atom stereocenters. The minimum Gasteiger partial charge on any atom is -0.355 e. The van der Waals surface area contributed by atoms with Gasteiger partial charge in [0.25, 0.3) is 5.91 Å². The number of rotatable bonds is 4. The van der Waals surface area contributed by atoms with Crippen LogP contribution in [-0.4, -0.2) is 24.6 Å². The number of hydrazone groups is 1. The summed E-state index contributed by atoms with van der Waals surface area (Å²) in [6.45, 7) is 0.440. The number of halogens is 1. The lowest BCUT2D eigenvalue weighted by atomic mass is 9.88. The smallest absolute Gasteiger partial charge is 0.253 e. The fourth-order valence-electron chi connectivity index (χ4n) is 2.75. The Morgan fingerprint density at radius 2 is 1.88 bits per heavy atom. The first-order valence-corrected chi connectivity index (χ1v) is 7.94. The second-order valence-electron chi connectivity index (χ2n) is 5.50. The highest BCUT2D eigenvalue weighted by Gasteiger charge is 2.40. The molecule has 0 saturated carbocycles. The van der Waals surface area contributed by atoms with E-state index in [9.17, 15) is 9.59 Å². The summed E-state index contributed by atoms with van der Waals surface area (Å²) in [5.41, 5.74) is 4.08. The van der Waals surface area contributed by atoms with E-state index in [1.165, 1.54) is 6.21 Å². The van der Waals surface area contributed by atoms with Crippen molar-refractivity contribution in [1.29, 1.82) is 0 Å². The third kappa shape index (κ3) is 3.46. The molecule has 1 fully saturated rings. The Hall–Kier alpha value is -2.66. The van der Waals surface area contributed by atoms with E-state index >= 15 is 0 Å². The summed E-state index contributed by atoms with van der Waals surface area (Å²) < 4.78 is 0. The van der Waals surface area contributed by atoms with Crippen molar-refractivity contribution in [3.8, 4) is 0 Å². The Bertz CT molecular complexity index is 777. The van der Waals surface area contributed by atoms with Gasteiger partial charge in [0.15, 0.2) is 0 Å². The molecule has 3 rings (SSSR count). The fraction of sp³-hybridized carbons (Fsp3) is 0.167. The van der Waals surface area contributed by atoms with Gasteiger partial charge in [-0.2, -0.15) is 5.10 Å². The van der Waals surface area contributed by atoms with Crippen molar-refractivity contribution in [2.75, 3.05) is 6.54 Å². The quantitative estimate of drug-likeness (QED) is 0.509. The van der Waals surface area contributed by atoms with Crippen molar-refractivity contribution in [1.82, 2.24) is 10.7 Å². The van der Waals surface area contributed by atoms with Gasteiger partial charge in [-0.05, 0) is 11.6 Å². The topological polar surface area (TPSA) is 70.6 Å². The van der Waals surface area contributed by atoms with Crippen LogP contribution in [-0.2, 0) is 9.59 Å². The minimum atomic E-state index is -0.796. The molecule has 2 N–H and O–H groups in total. The van der Waals surface area contributed by atoms with Gasteiger partial charge < -0.3 is 5.32 Å². The Kier molecular flexibility index (Phi) is 4.91. The van der Waals surface area contributed by atoms with Crippen LogP contribution < -0.4 is 10.7 Å². The number of nitrogens with one attached hydrogen (secondary N) is 2. The molecule has 122 valence electrons. The number of hydrogen-bond acceptors (Lipinski definition) is 3. The van der Waals surface area contributed by atoms with E-state index in [1.807, 2.05) is 42.5 Å². The van der Waals surface area contributed by atoms with Crippen molar-refractivity contribution in [2.24, 2.45) is 11.0 Å². The van der Waals surface area contributed by atoms with Crippen LogP contribution in [0.1, 0.15) is 17.0 Å². The highest BCUT2D eigenvalue weighted by molar-refractivity contribution is 6.33. The second kappa shape index (κ2) is 7.27. The van der Waals surface area contributed by atoms with Crippen LogP contribution in [0.3, 0.4) is 0 Å². The first kappa shape index (κ1) is 16.2. The molecule has 1 heterocycles. The van der Waals surface area contributed by atoms with Crippen LogP contribution in [0.5, 0.6) is 0 Å². The summed E-state index contributed by atoms with van der Waals surface area (Å²) in [6, 6.07) is 16.7. The molecule has 1 aliphatic heterocycles. The fourth-order valence-corrected chi connectivity index (χ4v) is 2.93. The third-order valence-electron chi connectivity index (χ3n) is 3.97. The molecule has 24 heavy (non-hydrogen) atoms. The molecule has 2 aromatic rings. The normalized spacial score (nSPS) is 20.1. The zero-order valence-electron chi connectivity index (χ0n) is 12.8. The highest BCUT2D eigenvalue weighted by atomic mass is 35.5. The standard InChI is InChI=1S/C18H16ClN3O2/c19-15-9-5-4-8-13(15)10-21-22-18(24)16-14(11-20-17(16)23)12-6-2-1-3-7-12/h1-10,14,16H,11H2,(H,20,23)(H,22,24)/t14-,16+/m0/s1. The molecule has 2 aromatic carbocycles. The number of amides is 2. The number of nitrogens with zero attached hydrogens (tertiary/aromatic N) is 1. The average molecular weight is 342 g/mol. The predicted molar refractivity (Wildman–Crippen MR) is 92.9 cm³/mol. The molecule has 5 nitrogen and oxygen atoms in total. The van der Waals surface area contributed by atoms with Gasteiger partial charge in [-0.25, -0.2) is 5.43 Å². The van der Waals surface area contributed by atoms with Crippen molar-refractivity contribution in [3.63, 3.8) is 0 Å². The SMILES string of the molecule is O=C1NC[C@@H](c2ccccc2)[C@H]1C(=O)NN=Cc1ccccc1Cl. The molecule has 6 heteroatoms. The summed E-state index contributed by atoms with van der Waals surface area (Å²) in [7, 11) is 0. The Morgan fingerprint density at radius 1 is 1.17 bits per heavy atom. The Morgan fingerprint density at radius 3 is 2.62 bits per heavy atom. The molecule has 1 aliphatic rings. The predicted octanol–water partition coefficient (Wildman–Crippen LogP) is 2.32. The summed E-state index contributed by atoms with van der Waals surface area (Å²) in [5, 5.41) is 7.20. The van der Waals surface area contributed by atoms with Crippen LogP contribution >= 0.6 is 11.6 Å². The number of carbonyl (C=O) groups excluding carboxylic acids is 2. The molecule has 0 aliphatic carbocycles. The molecule has 0 spiro atoms. The second-order valence-corrected chi connectivity index (χ2v) is 5.90. The van der Waals surface area contributed by atoms with E-state index in [0.29, 0.717) is 17.1 Å². The summed E-state index contributed by atoms with van der Waals surface area (Å²) >= 11 is 6.02. The zero-order chi connectivity index (χ0) is 16.9. The maximum absolute atomic E-state index is 12.4. The van der Waals surface area contributed by atoms with Crippen molar-refractivity contribution >= 4 is 29.6 Å². The van der Waals surface area contributed by atoms with Crippen molar-refractivity contribution in [3.05, 3.63) is 70.7 Å². The molecule has 2 amide bonds. The molecular weight excluding hydrogens is 326 g/mol. The highest BCUT2D eigenvalue weighted by Crippen LogP contribution is 2.28. The molecule has 0 bridgehead atoms. The summed E-state index contributed by atoms with van der Waals surface area (Å²) in [5.74, 6) is -1.71. The van der Waals surface area contributed by atoms with Gasteiger partial charge in [-0.1, -0.05) is 60.1 Å². The van der Waals surface area contributed by atoms with Crippen LogP contribution in [0.25, 0.3) is 0 Å². The third-order valence-corrected chi connectivity index (χ3v) is 4.32.